The lowest BCUT2D eigenvalue weighted by Gasteiger charge is -2.36. The summed E-state index contributed by atoms with van der Waals surface area (Å²) < 4.78 is 12.0. The van der Waals surface area contributed by atoms with E-state index in [0.29, 0.717) is 26.1 Å². The molecule has 3 heterocycles. The predicted molar refractivity (Wildman–Crippen MR) is 136 cm³/mol. The largest absolute Gasteiger partial charge is 0.491 e. The van der Waals surface area contributed by atoms with Crippen LogP contribution in [0.25, 0.3) is 0 Å². The summed E-state index contributed by atoms with van der Waals surface area (Å²) in [5.74, 6) is 1.75. The van der Waals surface area contributed by atoms with E-state index in [0.717, 1.165) is 55.3 Å². The van der Waals surface area contributed by atoms with E-state index < -0.39 is 6.10 Å². The fourth-order valence-corrected chi connectivity index (χ4v) is 5.32. The summed E-state index contributed by atoms with van der Waals surface area (Å²) in [4.78, 5) is 20.2. The lowest BCUT2D eigenvalue weighted by Crippen LogP contribution is -2.45. The average molecular weight is 470 g/mol. The third kappa shape index (κ3) is 4.71. The molecular formula is C29H31N3O3. The second kappa shape index (κ2) is 9.62. The lowest BCUT2D eigenvalue weighted by molar-refractivity contribution is -0.138. The van der Waals surface area contributed by atoms with E-state index in [4.69, 9.17) is 9.47 Å². The van der Waals surface area contributed by atoms with E-state index >= 15 is 0 Å². The normalized spacial score (nSPS) is 19.8. The number of carbonyl (C=O) groups excluding carboxylic acids is 1. The maximum atomic E-state index is 13.3. The van der Waals surface area contributed by atoms with E-state index in [2.05, 4.69) is 58.3 Å². The van der Waals surface area contributed by atoms with Gasteiger partial charge in [-0.3, -0.25) is 9.69 Å². The molecule has 3 aliphatic rings. The molecule has 3 aromatic rings. The van der Waals surface area contributed by atoms with Crippen molar-refractivity contribution in [2.24, 2.45) is 0 Å². The number of piperazine rings is 1. The van der Waals surface area contributed by atoms with Gasteiger partial charge < -0.3 is 19.3 Å². The molecule has 1 fully saturated rings. The molecular weight excluding hydrogens is 438 g/mol. The fourth-order valence-electron chi connectivity index (χ4n) is 5.32. The summed E-state index contributed by atoms with van der Waals surface area (Å²) in [6, 6.07) is 25.0. The third-order valence-electron chi connectivity index (χ3n) is 7.24. The zero-order chi connectivity index (χ0) is 23.6. The summed E-state index contributed by atoms with van der Waals surface area (Å²) in [5.41, 5.74) is 4.74. The van der Waals surface area contributed by atoms with Crippen LogP contribution in [0, 0.1) is 0 Å². The van der Waals surface area contributed by atoms with Crippen molar-refractivity contribution in [3.8, 4) is 11.5 Å². The molecule has 0 unspecified atom stereocenters. The minimum atomic E-state index is -0.446. The number of rotatable bonds is 4. The van der Waals surface area contributed by atoms with Crippen LogP contribution in [0.15, 0.2) is 72.8 Å². The fraction of sp³-hybridized carbons (Fsp3) is 0.345. The van der Waals surface area contributed by atoms with Gasteiger partial charge in [-0.15, -0.1) is 0 Å². The number of amides is 1. The Morgan fingerprint density at radius 3 is 2.46 bits per heavy atom. The summed E-state index contributed by atoms with van der Waals surface area (Å²) in [6.45, 7) is 6.66. The first kappa shape index (κ1) is 22.0. The number of anilines is 1. The average Bonchev–Trinajstić information content (AvgIpc) is 3.23. The van der Waals surface area contributed by atoms with Crippen LogP contribution < -0.4 is 14.4 Å². The van der Waals surface area contributed by atoms with Gasteiger partial charge in [-0.2, -0.15) is 0 Å². The van der Waals surface area contributed by atoms with Crippen LogP contribution in [0.2, 0.25) is 0 Å². The Hall–Kier alpha value is -3.51. The minimum Gasteiger partial charge on any atom is -0.491 e. The number of benzene rings is 3. The highest BCUT2D eigenvalue weighted by molar-refractivity contribution is 5.82. The van der Waals surface area contributed by atoms with Crippen molar-refractivity contribution in [3.05, 3.63) is 89.5 Å². The Kier molecular flexibility index (Phi) is 6.05. The Morgan fingerprint density at radius 1 is 0.829 bits per heavy atom. The highest BCUT2D eigenvalue weighted by Crippen LogP contribution is 2.31. The van der Waals surface area contributed by atoms with Gasteiger partial charge in [0.25, 0.3) is 5.91 Å². The molecule has 6 nitrogen and oxygen atoms in total. The number of hydrogen-bond acceptors (Lipinski definition) is 5. The van der Waals surface area contributed by atoms with Gasteiger partial charge in [0.2, 0.25) is 0 Å². The van der Waals surface area contributed by atoms with Crippen LogP contribution in [-0.2, 0) is 24.3 Å². The molecule has 0 spiro atoms. The standard InChI is InChI=1S/C29H31N3O3/c33-29(28-19-23-6-4-5-9-27(23)35-28)32-16-17-34-26-11-10-22(18-24(26)21-32)20-30-12-14-31(15-13-30)25-7-2-1-3-8-25/h1-11,18,28H,12-17,19-21H2/t28-/m0/s1. The van der Waals surface area contributed by atoms with Crippen LogP contribution in [0.1, 0.15) is 16.7 Å². The first-order valence-electron chi connectivity index (χ1n) is 12.5. The topological polar surface area (TPSA) is 45.2 Å². The van der Waals surface area contributed by atoms with E-state index in [1.165, 1.54) is 11.3 Å². The Labute approximate surface area is 206 Å². The molecule has 1 amide bonds. The van der Waals surface area contributed by atoms with Gasteiger partial charge in [-0.25, -0.2) is 0 Å². The molecule has 6 heteroatoms. The number of nitrogens with zero attached hydrogens (tertiary/aromatic N) is 3. The quantitative estimate of drug-likeness (QED) is 0.583. The van der Waals surface area contributed by atoms with Gasteiger partial charge in [0.05, 0.1) is 6.54 Å². The molecule has 3 aromatic carbocycles. The third-order valence-corrected chi connectivity index (χ3v) is 7.24. The SMILES string of the molecule is O=C([C@@H]1Cc2ccccc2O1)N1CCOc2ccc(CN3CCN(c4ccccc4)CC3)cc2C1. The summed E-state index contributed by atoms with van der Waals surface area (Å²) in [5, 5.41) is 0. The molecule has 3 aliphatic heterocycles. The maximum absolute atomic E-state index is 13.3. The second-order valence-electron chi connectivity index (χ2n) is 9.57. The van der Waals surface area contributed by atoms with Crippen LogP contribution in [-0.4, -0.2) is 61.1 Å². The van der Waals surface area contributed by atoms with Crippen molar-refractivity contribution in [2.75, 3.05) is 44.2 Å². The van der Waals surface area contributed by atoms with Gasteiger partial charge in [-0.1, -0.05) is 42.5 Å². The lowest BCUT2D eigenvalue weighted by atomic mass is 10.1. The van der Waals surface area contributed by atoms with Gasteiger partial charge in [-0.05, 0) is 41.5 Å². The number of para-hydroxylation sites is 2. The minimum absolute atomic E-state index is 0.0417. The summed E-state index contributed by atoms with van der Waals surface area (Å²) in [6.07, 6.45) is 0.187. The van der Waals surface area contributed by atoms with Gasteiger partial charge >= 0.3 is 0 Å². The highest BCUT2D eigenvalue weighted by Gasteiger charge is 2.33. The van der Waals surface area contributed by atoms with Crippen LogP contribution in [0.4, 0.5) is 5.69 Å². The summed E-state index contributed by atoms with van der Waals surface area (Å²) >= 11 is 0. The first-order chi connectivity index (χ1) is 17.2. The number of hydrogen-bond donors (Lipinski definition) is 0. The van der Waals surface area contributed by atoms with Gasteiger partial charge in [0, 0.05) is 56.9 Å². The number of ether oxygens (including phenoxy) is 2. The van der Waals surface area contributed by atoms with Crippen molar-refractivity contribution >= 4 is 11.6 Å². The first-order valence-corrected chi connectivity index (χ1v) is 12.5. The van der Waals surface area contributed by atoms with Crippen molar-refractivity contribution < 1.29 is 14.3 Å². The van der Waals surface area contributed by atoms with E-state index in [-0.39, 0.29) is 5.91 Å². The Balaban J connectivity index is 1.09. The zero-order valence-electron chi connectivity index (χ0n) is 19.9. The molecule has 1 atom stereocenters. The monoisotopic (exact) mass is 469 g/mol. The zero-order valence-corrected chi connectivity index (χ0v) is 19.9. The summed E-state index contributed by atoms with van der Waals surface area (Å²) in [7, 11) is 0. The second-order valence-corrected chi connectivity index (χ2v) is 9.57. The molecule has 35 heavy (non-hydrogen) atoms. The van der Waals surface area contributed by atoms with E-state index in [9.17, 15) is 4.79 Å². The number of carbonyl (C=O) groups is 1. The van der Waals surface area contributed by atoms with Crippen LogP contribution >= 0.6 is 0 Å². The number of fused-ring (bicyclic) bond motifs is 2. The highest BCUT2D eigenvalue weighted by atomic mass is 16.5. The maximum Gasteiger partial charge on any atom is 0.264 e. The Bertz CT molecular complexity index is 1170. The van der Waals surface area contributed by atoms with Gasteiger partial charge in [0.15, 0.2) is 6.10 Å². The smallest absolute Gasteiger partial charge is 0.264 e. The molecule has 6 rings (SSSR count). The van der Waals surface area contributed by atoms with Crippen molar-refractivity contribution in [3.63, 3.8) is 0 Å². The van der Waals surface area contributed by atoms with Gasteiger partial charge in [0.1, 0.15) is 18.1 Å². The molecule has 0 aliphatic carbocycles. The van der Waals surface area contributed by atoms with E-state index in [1.807, 2.05) is 29.2 Å². The molecule has 0 aromatic heterocycles. The predicted octanol–water partition coefficient (Wildman–Crippen LogP) is 3.73. The Morgan fingerprint density at radius 2 is 1.63 bits per heavy atom. The van der Waals surface area contributed by atoms with Crippen molar-refractivity contribution in [1.29, 1.82) is 0 Å². The molecule has 0 saturated carbocycles. The van der Waals surface area contributed by atoms with Crippen molar-refractivity contribution in [2.45, 2.75) is 25.6 Å². The molecule has 1 saturated heterocycles. The molecule has 0 N–H and O–H groups in total. The van der Waals surface area contributed by atoms with Crippen LogP contribution in [0.3, 0.4) is 0 Å². The van der Waals surface area contributed by atoms with Crippen LogP contribution in [0.5, 0.6) is 11.5 Å². The molecule has 0 radical (unpaired) electrons. The molecule has 180 valence electrons. The van der Waals surface area contributed by atoms with E-state index in [1.54, 1.807) is 0 Å². The molecule has 0 bridgehead atoms. The van der Waals surface area contributed by atoms with Crippen molar-refractivity contribution in [1.82, 2.24) is 9.80 Å².